The first kappa shape index (κ1) is 17.0. The number of imidazole rings is 1. The fourth-order valence-corrected chi connectivity index (χ4v) is 2.77. The number of hydrogen-bond acceptors (Lipinski definition) is 5. The van der Waals surface area contributed by atoms with Crippen molar-refractivity contribution in [1.29, 1.82) is 0 Å². The van der Waals surface area contributed by atoms with E-state index < -0.39 is 0 Å². The monoisotopic (exact) mass is 337 g/mol. The molecule has 1 aromatic carbocycles. The first-order valence-corrected chi connectivity index (χ1v) is 8.31. The molecule has 25 heavy (non-hydrogen) atoms. The van der Waals surface area contributed by atoms with Gasteiger partial charge in [-0.05, 0) is 24.5 Å². The molecule has 130 valence electrons. The minimum atomic E-state index is 0.700. The Morgan fingerprint density at radius 1 is 1.08 bits per heavy atom. The second kappa shape index (κ2) is 7.79. The first-order chi connectivity index (χ1) is 12.2. The van der Waals surface area contributed by atoms with E-state index in [0.29, 0.717) is 5.95 Å². The first-order valence-electron chi connectivity index (χ1n) is 8.31. The van der Waals surface area contributed by atoms with Crippen molar-refractivity contribution in [2.45, 2.75) is 19.4 Å². The molecule has 0 fully saturated rings. The lowest BCUT2D eigenvalue weighted by molar-refractivity contribution is 0.408. The third-order valence-corrected chi connectivity index (χ3v) is 4.08. The van der Waals surface area contributed by atoms with E-state index in [9.17, 15) is 0 Å². The Kier molecular flexibility index (Phi) is 5.28. The van der Waals surface area contributed by atoms with Crippen LogP contribution in [0.25, 0.3) is 11.3 Å². The average molecular weight is 337 g/mol. The smallest absolute Gasteiger partial charge is 0.224 e. The van der Waals surface area contributed by atoms with Crippen LogP contribution < -0.4 is 9.64 Å². The fraction of sp³-hybridized carbons (Fsp3) is 0.316. The van der Waals surface area contributed by atoms with Gasteiger partial charge in [0.25, 0.3) is 0 Å². The molecule has 6 nitrogen and oxygen atoms in total. The molecule has 3 rings (SSSR count). The predicted octanol–water partition coefficient (Wildman–Crippen LogP) is 3.05. The van der Waals surface area contributed by atoms with Crippen molar-refractivity contribution in [2.24, 2.45) is 0 Å². The molecule has 0 radical (unpaired) electrons. The number of anilines is 1. The standard InChI is InChI=1S/C19H23N5O/c1-23(2)19-21-11-16(12-22-19)17-13-20-14-24(17)10-6-8-15-7-4-5-9-18(15)25-3/h4-5,7,9,11-14H,6,8,10H2,1-3H3. The Balaban J connectivity index is 1.68. The molecule has 0 saturated heterocycles. The summed E-state index contributed by atoms with van der Waals surface area (Å²) in [6.45, 7) is 0.878. The van der Waals surface area contributed by atoms with Crippen molar-refractivity contribution in [1.82, 2.24) is 19.5 Å². The van der Waals surface area contributed by atoms with Gasteiger partial charge in [-0.1, -0.05) is 18.2 Å². The van der Waals surface area contributed by atoms with Crippen LogP contribution in [0.5, 0.6) is 5.75 Å². The van der Waals surface area contributed by atoms with Gasteiger partial charge in [-0.25, -0.2) is 15.0 Å². The van der Waals surface area contributed by atoms with Gasteiger partial charge in [0, 0.05) is 38.6 Å². The topological polar surface area (TPSA) is 56.1 Å². The predicted molar refractivity (Wildman–Crippen MR) is 98.9 cm³/mol. The van der Waals surface area contributed by atoms with E-state index in [0.717, 1.165) is 36.4 Å². The Morgan fingerprint density at radius 3 is 2.56 bits per heavy atom. The Labute approximate surface area is 148 Å². The average Bonchev–Trinajstić information content (AvgIpc) is 3.10. The van der Waals surface area contributed by atoms with E-state index in [2.05, 4.69) is 25.6 Å². The second-order valence-electron chi connectivity index (χ2n) is 6.05. The number of aryl methyl sites for hydroxylation is 2. The zero-order valence-electron chi connectivity index (χ0n) is 14.9. The van der Waals surface area contributed by atoms with Gasteiger partial charge in [-0.2, -0.15) is 0 Å². The summed E-state index contributed by atoms with van der Waals surface area (Å²) in [5.74, 6) is 1.65. The highest BCUT2D eigenvalue weighted by atomic mass is 16.5. The molecule has 0 bridgehead atoms. The molecule has 2 aromatic heterocycles. The lowest BCUT2D eigenvalue weighted by Crippen LogP contribution is -2.12. The highest BCUT2D eigenvalue weighted by Crippen LogP contribution is 2.21. The summed E-state index contributed by atoms with van der Waals surface area (Å²) in [5, 5.41) is 0. The van der Waals surface area contributed by atoms with Crippen molar-refractivity contribution in [3.8, 4) is 17.0 Å². The number of nitrogens with zero attached hydrogens (tertiary/aromatic N) is 5. The SMILES string of the molecule is COc1ccccc1CCCn1cncc1-c1cnc(N(C)C)nc1. The molecular formula is C19H23N5O. The molecule has 0 aliphatic carbocycles. The van der Waals surface area contributed by atoms with Gasteiger partial charge in [0.2, 0.25) is 5.95 Å². The number of ether oxygens (including phenoxy) is 1. The summed E-state index contributed by atoms with van der Waals surface area (Å²) in [6, 6.07) is 8.15. The molecule has 3 aromatic rings. The normalized spacial score (nSPS) is 10.7. The van der Waals surface area contributed by atoms with Gasteiger partial charge in [0.05, 0.1) is 25.3 Å². The Morgan fingerprint density at radius 2 is 1.84 bits per heavy atom. The molecule has 0 atom stereocenters. The number of aromatic nitrogens is 4. The van der Waals surface area contributed by atoms with Crippen LogP contribution in [-0.2, 0) is 13.0 Å². The fourth-order valence-electron chi connectivity index (χ4n) is 2.77. The van der Waals surface area contributed by atoms with Crippen LogP contribution in [-0.4, -0.2) is 40.7 Å². The maximum atomic E-state index is 5.42. The molecule has 0 saturated carbocycles. The van der Waals surface area contributed by atoms with Gasteiger partial charge in [0.15, 0.2) is 0 Å². The molecule has 0 aliphatic heterocycles. The molecule has 2 heterocycles. The third-order valence-electron chi connectivity index (χ3n) is 4.08. The lowest BCUT2D eigenvalue weighted by atomic mass is 10.1. The van der Waals surface area contributed by atoms with Gasteiger partial charge in [0.1, 0.15) is 5.75 Å². The largest absolute Gasteiger partial charge is 0.496 e. The Hall–Kier alpha value is -2.89. The summed E-state index contributed by atoms with van der Waals surface area (Å²) < 4.78 is 7.56. The van der Waals surface area contributed by atoms with Crippen molar-refractivity contribution in [3.05, 3.63) is 54.7 Å². The van der Waals surface area contributed by atoms with Crippen LogP contribution in [0.2, 0.25) is 0 Å². The highest BCUT2D eigenvalue weighted by molar-refractivity contribution is 5.57. The Bertz CT molecular complexity index is 811. The zero-order chi connectivity index (χ0) is 17.6. The van der Waals surface area contributed by atoms with Crippen LogP contribution in [0.1, 0.15) is 12.0 Å². The summed E-state index contributed by atoms with van der Waals surface area (Å²) in [7, 11) is 5.57. The van der Waals surface area contributed by atoms with E-state index in [-0.39, 0.29) is 0 Å². The van der Waals surface area contributed by atoms with E-state index in [1.807, 2.05) is 62.1 Å². The van der Waals surface area contributed by atoms with Crippen molar-refractivity contribution < 1.29 is 4.74 Å². The second-order valence-corrected chi connectivity index (χ2v) is 6.05. The maximum absolute atomic E-state index is 5.42. The highest BCUT2D eigenvalue weighted by Gasteiger charge is 2.08. The quantitative estimate of drug-likeness (QED) is 0.663. The molecular weight excluding hydrogens is 314 g/mol. The molecule has 0 spiro atoms. The van der Waals surface area contributed by atoms with Crippen LogP contribution in [0.15, 0.2) is 49.2 Å². The van der Waals surface area contributed by atoms with Gasteiger partial charge < -0.3 is 14.2 Å². The van der Waals surface area contributed by atoms with Crippen LogP contribution in [0.4, 0.5) is 5.95 Å². The van der Waals surface area contributed by atoms with Crippen molar-refractivity contribution in [3.63, 3.8) is 0 Å². The molecule has 0 unspecified atom stereocenters. The number of rotatable bonds is 7. The summed E-state index contributed by atoms with van der Waals surface area (Å²) in [4.78, 5) is 14.9. The van der Waals surface area contributed by atoms with Gasteiger partial charge in [-0.3, -0.25) is 0 Å². The number of para-hydroxylation sites is 1. The van der Waals surface area contributed by atoms with Crippen LogP contribution in [0, 0.1) is 0 Å². The van der Waals surface area contributed by atoms with Crippen molar-refractivity contribution in [2.75, 3.05) is 26.1 Å². The molecule has 0 N–H and O–H groups in total. The van der Waals surface area contributed by atoms with Crippen LogP contribution in [0.3, 0.4) is 0 Å². The molecule has 6 heteroatoms. The number of methoxy groups -OCH3 is 1. The minimum absolute atomic E-state index is 0.700. The van der Waals surface area contributed by atoms with Crippen LogP contribution >= 0.6 is 0 Å². The van der Waals surface area contributed by atoms with E-state index in [1.54, 1.807) is 7.11 Å². The lowest BCUT2D eigenvalue weighted by Gasteiger charge is -2.12. The summed E-state index contributed by atoms with van der Waals surface area (Å²) >= 11 is 0. The van der Waals surface area contributed by atoms with E-state index in [1.165, 1.54) is 5.56 Å². The summed E-state index contributed by atoms with van der Waals surface area (Å²) in [6.07, 6.45) is 9.36. The van der Waals surface area contributed by atoms with E-state index >= 15 is 0 Å². The maximum Gasteiger partial charge on any atom is 0.224 e. The minimum Gasteiger partial charge on any atom is -0.496 e. The molecule has 0 aliphatic rings. The van der Waals surface area contributed by atoms with Crippen molar-refractivity contribution >= 4 is 5.95 Å². The van der Waals surface area contributed by atoms with Gasteiger partial charge in [-0.15, -0.1) is 0 Å². The molecule has 0 amide bonds. The number of hydrogen-bond donors (Lipinski definition) is 0. The van der Waals surface area contributed by atoms with E-state index in [4.69, 9.17) is 4.74 Å². The zero-order valence-corrected chi connectivity index (χ0v) is 14.9. The summed E-state index contributed by atoms with van der Waals surface area (Å²) in [5.41, 5.74) is 3.23. The third kappa shape index (κ3) is 3.96. The number of benzene rings is 1. The van der Waals surface area contributed by atoms with Gasteiger partial charge >= 0.3 is 0 Å².